The van der Waals surface area contributed by atoms with Crippen molar-refractivity contribution in [3.63, 3.8) is 0 Å². The van der Waals surface area contributed by atoms with Crippen LogP contribution >= 0.6 is 38.5 Å². The molecule has 1 rings (SSSR count). The van der Waals surface area contributed by atoms with Gasteiger partial charge in [-0.15, -0.1) is 0 Å². The Kier molecular flexibility index (Phi) is 3.50. The molecule has 2 nitrogen and oxygen atoms in total. The Morgan fingerprint density at radius 3 is 2.75 bits per heavy atom. The van der Waals surface area contributed by atoms with Crippen molar-refractivity contribution in [3.8, 4) is 6.07 Å². The van der Waals surface area contributed by atoms with Crippen LogP contribution in [0.2, 0.25) is 0 Å². The van der Waals surface area contributed by atoms with Crippen molar-refractivity contribution in [3.05, 3.63) is 31.3 Å². The maximum Gasteiger partial charge on any atom is 0.0995 e. The van der Waals surface area contributed by atoms with E-state index in [9.17, 15) is 0 Å². The van der Waals surface area contributed by atoms with Crippen molar-refractivity contribution >= 4 is 38.5 Å². The largest absolute Gasteiger partial charge is 0.326 e. The number of nitrogens with two attached hydrogens (primary N) is 1. The summed E-state index contributed by atoms with van der Waals surface area (Å²) >= 11 is 5.49. The molecule has 0 aliphatic heterocycles. The number of rotatable bonds is 1. The van der Waals surface area contributed by atoms with Crippen LogP contribution in [0.4, 0.5) is 0 Å². The maximum absolute atomic E-state index is 8.77. The molecule has 0 saturated heterocycles. The molecule has 62 valence electrons. The standard InChI is InChI=1S/C8H6BrIN2/c9-6-1-5(3-11)7(4-12)8(10)2-6/h1-2H,4,12H2. The van der Waals surface area contributed by atoms with Crippen molar-refractivity contribution in [2.45, 2.75) is 6.54 Å². The van der Waals surface area contributed by atoms with E-state index < -0.39 is 0 Å². The van der Waals surface area contributed by atoms with Gasteiger partial charge in [0.05, 0.1) is 11.6 Å². The number of halogens is 2. The van der Waals surface area contributed by atoms with Crippen molar-refractivity contribution in [1.29, 1.82) is 5.26 Å². The highest BCUT2D eigenvalue weighted by Gasteiger charge is 2.05. The number of hydrogen-bond donors (Lipinski definition) is 1. The van der Waals surface area contributed by atoms with Crippen molar-refractivity contribution in [1.82, 2.24) is 0 Å². The topological polar surface area (TPSA) is 49.8 Å². The SMILES string of the molecule is N#Cc1cc(Br)cc(I)c1CN. The molecule has 0 unspecified atom stereocenters. The number of nitriles is 1. The van der Waals surface area contributed by atoms with E-state index in [0.717, 1.165) is 13.6 Å². The molecule has 12 heavy (non-hydrogen) atoms. The van der Waals surface area contributed by atoms with E-state index in [4.69, 9.17) is 11.0 Å². The summed E-state index contributed by atoms with van der Waals surface area (Å²) in [6, 6.07) is 5.84. The van der Waals surface area contributed by atoms with Gasteiger partial charge in [-0.25, -0.2) is 0 Å². The summed E-state index contributed by atoms with van der Waals surface area (Å²) in [5.74, 6) is 0. The molecule has 0 spiro atoms. The third-order valence-electron chi connectivity index (χ3n) is 1.48. The van der Waals surface area contributed by atoms with Crippen LogP contribution in [0.25, 0.3) is 0 Å². The van der Waals surface area contributed by atoms with Gasteiger partial charge in [0.15, 0.2) is 0 Å². The Balaban J connectivity index is 3.36. The zero-order chi connectivity index (χ0) is 9.14. The minimum Gasteiger partial charge on any atom is -0.326 e. The second kappa shape index (κ2) is 4.21. The molecule has 4 heteroatoms. The molecule has 0 amide bonds. The van der Waals surface area contributed by atoms with E-state index in [-0.39, 0.29) is 0 Å². The van der Waals surface area contributed by atoms with Gasteiger partial charge in [0.1, 0.15) is 0 Å². The maximum atomic E-state index is 8.77. The first-order valence-electron chi connectivity index (χ1n) is 3.27. The molecule has 1 aromatic rings. The van der Waals surface area contributed by atoms with Crippen molar-refractivity contribution < 1.29 is 0 Å². The minimum absolute atomic E-state index is 0.411. The smallest absolute Gasteiger partial charge is 0.0995 e. The van der Waals surface area contributed by atoms with Gasteiger partial charge in [0, 0.05) is 14.6 Å². The normalized spacial score (nSPS) is 9.50. The average molecular weight is 337 g/mol. The molecular formula is C8H6BrIN2. The number of benzene rings is 1. The molecule has 0 aliphatic rings. The van der Waals surface area contributed by atoms with Crippen LogP contribution in [0.1, 0.15) is 11.1 Å². The fourth-order valence-corrected chi connectivity index (χ4v) is 2.64. The zero-order valence-electron chi connectivity index (χ0n) is 6.14. The highest BCUT2D eigenvalue weighted by molar-refractivity contribution is 14.1. The summed E-state index contributed by atoms with van der Waals surface area (Å²) < 4.78 is 1.95. The number of nitrogens with zero attached hydrogens (tertiary/aromatic N) is 1. The van der Waals surface area contributed by atoms with E-state index >= 15 is 0 Å². The quantitative estimate of drug-likeness (QED) is 0.800. The molecule has 0 fully saturated rings. The van der Waals surface area contributed by atoms with Crippen LogP contribution in [-0.2, 0) is 6.54 Å². The first-order valence-corrected chi connectivity index (χ1v) is 5.14. The van der Waals surface area contributed by atoms with E-state index in [1.807, 2.05) is 6.07 Å². The molecule has 0 bridgehead atoms. The molecule has 0 radical (unpaired) electrons. The predicted octanol–water partition coefficient (Wildman–Crippen LogP) is 2.38. The van der Waals surface area contributed by atoms with Gasteiger partial charge < -0.3 is 5.73 Å². The van der Waals surface area contributed by atoms with Gasteiger partial charge in [-0.2, -0.15) is 5.26 Å². The lowest BCUT2D eigenvalue weighted by Gasteiger charge is -2.03. The summed E-state index contributed by atoms with van der Waals surface area (Å²) in [5.41, 5.74) is 7.07. The molecule has 0 aromatic heterocycles. The van der Waals surface area contributed by atoms with Crippen LogP contribution in [-0.4, -0.2) is 0 Å². The molecule has 0 aliphatic carbocycles. The van der Waals surface area contributed by atoms with Gasteiger partial charge >= 0.3 is 0 Å². The third-order valence-corrected chi connectivity index (χ3v) is 2.91. The summed E-state index contributed by atoms with van der Waals surface area (Å²) in [5, 5.41) is 8.77. The Morgan fingerprint density at radius 2 is 2.25 bits per heavy atom. The van der Waals surface area contributed by atoms with Gasteiger partial charge in [0.2, 0.25) is 0 Å². The number of hydrogen-bond acceptors (Lipinski definition) is 2. The average Bonchev–Trinajstić information content (AvgIpc) is 2.03. The van der Waals surface area contributed by atoms with Crippen LogP contribution in [0.5, 0.6) is 0 Å². The highest BCUT2D eigenvalue weighted by atomic mass is 127. The van der Waals surface area contributed by atoms with Crippen LogP contribution in [0.15, 0.2) is 16.6 Å². The zero-order valence-corrected chi connectivity index (χ0v) is 9.89. The van der Waals surface area contributed by atoms with Crippen LogP contribution in [0.3, 0.4) is 0 Å². The third kappa shape index (κ3) is 1.97. The Bertz CT molecular complexity index is 344. The Morgan fingerprint density at radius 1 is 1.58 bits per heavy atom. The molecule has 0 atom stereocenters. The van der Waals surface area contributed by atoms with E-state index in [1.54, 1.807) is 6.07 Å². The second-order valence-electron chi connectivity index (χ2n) is 2.23. The molecule has 0 heterocycles. The Labute approximate surface area is 93.0 Å². The van der Waals surface area contributed by atoms with E-state index in [1.165, 1.54) is 0 Å². The first kappa shape index (κ1) is 9.96. The molecule has 0 saturated carbocycles. The van der Waals surface area contributed by atoms with Crippen molar-refractivity contribution in [2.75, 3.05) is 0 Å². The highest BCUT2D eigenvalue weighted by Crippen LogP contribution is 2.22. The minimum atomic E-state index is 0.411. The van der Waals surface area contributed by atoms with Gasteiger partial charge in [0.25, 0.3) is 0 Å². The summed E-state index contributed by atoms with van der Waals surface area (Å²) in [4.78, 5) is 0. The second-order valence-corrected chi connectivity index (χ2v) is 4.31. The summed E-state index contributed by atoms with van der Waals surface area (Å²) in [6.07, 6.45) is 0. The van der Waals surface area contributed by atoms with Crippen LogP contribution < -0.4 is 5.73 Å². The fraction of sp³-hybridized carbons (Fsp3) is 0.125. The fourth-order valence-electron chi connectivity index (χ4n) is 0.911. The molecular weight excluding hydrogens is 331 g/mol. The van der Waals surface area contributed by atoms with Gasteiger partial charge in [-0.1, -0.05) is 15.9 Å². The predicted molar refractivity (Wildman–Crippen MR) is 59.5 cm³/mol. The summed E-state index contributed by atoms with van der Waals surface area (Å²) in [7, 11) is 0. The van der Waals surface area contributed by atoms with E-state index in [0.29, 0.717) is 12.1 Å². The van der Waals surface area contributed by atoms with Crippen LogP contribution in [0, 0.1) is 14.9 Å². The molecule has 1 aromatic carbocycles. The Hall–Kier alpha value is -0.120. The lowest BCUT2D eigenvalue weighted by Crippen LogP contribution is -2.02. The lowest BCUT2D eigenvalue weighted by molar-refractivity contribution is 1.05. The first-order chi connectivity index (χ1) is 5.69. The monoisotopic (exact) mass is 336 g/mol. The van der Waals surface area contributed by atoms with Gasteiger partial charge in [-0.3, -0.25) is 0 Å². The molecule has 2 N–H and O–H groups in total. The summed E-state index contributed by atoms with van der Waals surface area (Å²) in [6.45, 7) is 0.411. The van der Waals surface area contributed by atoms with Crippen molar-refractivity contribution in [2.24, 2.45) is 5.73 Å². The van der Waals surface area contributed by atoms with E-state index in [2.05, 4.69) is 44.6 Å². The van der Waals surface area contributed by atoms with Gasteiger partial charge in [-0.05, 0) is 40.3 Å². The lowest BCUT2D eigenvalue weighted by atomic mass is 10.1.